The molecule has 0 saturated heterocycles. The number of hydrogen-bond acceptors (Lipinski definition) is 5. The van der Waals surface area contributed by atoms with Gasteiger partial charge in [-0.1, -0.05) is 13.8 Å². The minimum absolute atomic E-state index is 0.174. The minimum Gasteiger partial charge on any atom is -0.421 e. The molecule has 1 aromatic heterocycles. The van der Waals surface area contributed by atoms with E-state index in [1.54, 1.807) is 13.8 Å². The van der Waals surface area contributed by atoms with Crippen LogP contribution < -0.4 is 10.1 Å². The van der Waals surface area contributed by atoms with Gasteiger partial charge in [-0.15, -0.1) is 0 Å². The Kier molecular flexibility index (Phi) is 4.22. The van der Waals surface area contributed by atoms with Crippen molar-refractivity contribution in [3.8, 4) is 5.75 Å². The smallest absolute Gasteiger partial charge is 0.313 e. The van der Waals surface area contributed by atoms with Crippen LogP contribution in [0.1, 0.15) is 27.7 Å². The molecule has 0 spiro atoms. The van der Waals surface area contributed by atoms with Crippen molar-refractivity contribution in [1.29, 1.82) is 0 Å². The zero-order chi connectivity index (χ0) is 12.1. The van der Waals surface area contributed by atoms with Gasteiger partial charge in [-0.25, -0.2) is 9.97 Å². The molecule has 0 fully saturated rings. The van der Waals surface area contributed by atoms with Gasteiger partial charge < -0.3 is 10.1 Å². The molecule has 0 atom stereocenters. The van der Waals surface area contributed by atoms with E-state index in [4.69, 9.17) is 4.74 Å². The quantitative estimate of drug-likeness (QED) is 0.789. The number of esters is 1. The Labute approximate surface area is 95.3 Å². The first kappa shape index (κ1) is 12.4. The fourth-order valence-corrected chi connectivity index (χ4v) is 1.000. The fraction of sp³-hybridized carbons (Fsp3) is 0.545. The zero-order valence-corrected chi connectivity index (χ0v) is 10.0. The highest BCUT2D eigenvalue weighted by Gasteiger charge is 2.14. The van der Waals surface area contributed by atoms with Crippen LogP contribution in [0.3, 0.4) is 0 Å². The first-order valence-corrected chi connectivity index (χ1v) is 5.29. The van der Waals surface area contributed by atoms with Gasteiger partial charge in [0.05, 0.1) is 12.1 Å². The molecule has 1 rings (SSSR count). The molecule has 1 aromatic rings. The molecule has 0 saturated carbocycles. The van der Waals surface area contributed by atoms with Gasteiger partial charge in [-0.05, 0) is 13.8 Å². The van der Waals surface area contributed by atoms with E-state index < -0.39 is 0 Å². The Morgan fingerprint density at radius 1 is 1.38 bits per heavy atom. The zero-order valence-electron chi connectivity index (χ0n) is 10.0. The molecule has 88 valence electrons. The summed E-state index contributed by atoms with van der Waals surface area (Å²) in [6.45, 7) is 7.52. The summed E-state index contributed by atoms with van der Waals surface area (Å²) in [6, 6.07) is 0.214. The number of rotatable bonds is 4. The number of aromatic nitrogens is 2. The molecule has 0 aliphatic rings. The van der Waals surface area contributed by atoms with Crippen molar-refractivity contribution in [2.24, 2.45) is 5.92 Å². The van der Waals surface area contributed by atoms with Gasteiger partial charge in [-0.3, -0.25) is 4.79 Å². The molecule has 0 radical (unpaired) electrons. The van der Waals surface area contributed by atoms with Gasteiger partial charge in [0.25, 0.3) is 0 Å². The fourth-order valence-electron chi connectivity index (χ4n) is 1.000. The summed E-state index contributed by atoms with van der Waals surface area (Å²) in [5, 5.41) is 3.09. The largest absolute Gasteiger partial charge is 0.421 e. The highest BCUT2D eigenvalue weighted by molar-refractivity contribution is 5.75. The van der Waals surface area contributed by atoms with Crippen molar-refractivity contribution in [2.45, 2.75) is 33.7 Å². The molecule has 1 heterocycles. The summed E-state index contributed by atoms with van der Waals surface area (Å²) in [5.74, 6) is 0.447. The highest BCUT2D eigenvalue weighted by atomic mass is 16.5. The summed E-state index contributed by atoms with van der Waals surface area (Å²) in [7, 11) is 0. The predicted molar refractivity (Wildman–Crippen MR) is 61.3 cm³/mol. The van der Waals surface area contributed by atoms with Crippen LogP contribution in [0.2, 0.25) is 0 Å². The van der Waals surface area contributed by atoms with Crippen LogP contribution in [-0.2, 0) is 4.79 Å². The van der Waals surface area contributed by atoms with Gasteiger partial charge in [0.15, 0.2) is 11.6 Å². The van der Waals surface area contributed by atoms with E-state index >= 15 is 0 Å². The van der Waals surface area contributed by atoms with E-state index in [0.717, 1.165) is 0 Å². The van der Waals surface area contributed by atoms with Crippen LogP contribution in [0.4, 0.5) is 5.82 Å². The molecular formula is C11H17N3O2. The number of hydrogen-bond donors (Lipinski definition) is 1. The van der Waals surface area contributed by atoms with E-state index in [9.17, 15) is 4.79 Å². The third-order valence-electron chi connectivity index (χ3n) is 1.79. The Balaban J connectivity index is 2.82. The lowest BCUT2D eigenvalue weighted by atomic mass is 10.2. The summed E-state index contributed by atoms with van der Waals surface area (Å²) in [6.07, 6.45) is 2.90. The number of nitrogens with one attached hydrogen (secondary N) is 1. The monoisotopic (exact) mass is 223 g/mol. The number of ether oxygens (including phenoxy) is 1. The molecular weight excluding hydrogens is 206 g/mol. The normalized spacial score (nSPS) is 10.6. The van der Waals surface area contributed by atoms with Gasteiger partial charge >= 0.3 is 5.97 Å². The van der Waals surface area contributed by atoms with E-state index in [1.165, 1.54) is 12.5 Å². The molecule has 0 unspecified atom stereocenters. The van der Waals surface area contributed by atoms with Crippen LogP contribution in [0.5, 0.6) is 5.75 Å². The standard InChI is InChI=1S/C11H17N3O2/c1-7(2)11(15)16-9-5-12-6-13-10(9)14-8(3)4/h5-8H,1-4H3,(H,12,13,14). The molecule has 0 aliphatic carbocycles. The average Bonchev–Trinajstić information content (AvgIpc) is 2.20. The summed E-state index contributed by atoms with van der Waals surface area (Å²) >= 11 is 0. The third-order valence-corrected chi connectivity index (χ3v) is 1.79. The molecule has 5 nitrogen and oxygen atoms in total. The Bertz CT molecular complexity index is 364. The molecule has 1 N–H and O–H groups in total. The second kappa shape index (κ2) is 5.44. The summed E-state index contributed by atoms with van der Waals surface area (Å²) in [4.78, 5) is 19.3. The van der Waals surface area contributed by atoms with Crippen molar-refractivity contribution < 1.29 is 9.53 Å². The molecule has 16 heavy (non-hydrogen) atoms. The van der Waals surface area contributed by atoms with Crippen LogP contribution in [0, 0.1) is 5.92 Å². The minimum atomic E-state index is -0.290. The van der Waals surface area contributed by atoms with Crippen LogP contribution >= 0.6 is 0 Å². The van der Waals surface area contributed by atoms with E-state index in [1.807, 2.05) is 13.8 Å². The SMILES string of the molecule is CC(C)Nc1ncncc1OC(=O)C(C)C. The number of carbonyl (C=O) groups is 1. The first-order valence-electron chi connectivity index (χ1n) is 5.29. The summed E-state index contributed by atoms with van der Waals surface area (Å²) in [5.41, 5.74) is 0. The van der Waals surface area contributed by atoms with Crippen molar-refractivity contribution in [2.75, 3.05) is 5.32 Å². The highest BCUT2D eigenvalue weighted by Crippen LogP contribution is 2.21. The maximum atomic E-state index is 11.4. The number of carbonyl (C=O) groups excluding carboxylic acids is 1. The van der Waals surface area contributed by atoms with Gasteiger partial charge in [0.2, 0.25) is 0 Å². The Hall–Kier alpha value is -1.65. The summed E-state index contributed by atoms with van der Waals surface area (Å²) < 4.78 is 5.18. The van der Waals surface area contributed by atoms with Gasteiger partial charge in [-0.2, -0.15) is 0 Å². The van der Waals surface area contributed by atoms with Crippen molar-refractivity contribution in [1.82, 2.24) is 9.97 Å². The molecule has 5 heteroatoms. The predicted octanol–water partition coefficient (Wildman–Crippen LogP) is 1.86. The topological polar surface area (TPSA) is 64.1 Å². The van der Waals surface area contributed by atoms with Gasteiger partial charge in [0, 0.05) is 6.04 Å². The van der Waals surface area contributed by atoms with E-state index in [0.29, 0.717) is 11.6 Å². The van der Waals surface area contributed by atoms with Crippen LogP contribution in [0.15, 0.2) is 12.5 Å². The van der Waals surface area contributed by atoms with Gasteiger partial charge in [0.1, 0.15) is 6.33 Å². The second-order valence-corrected chi connectivity index (χ2v) is 4.11. The van der Waals surface area contributed by atoms with Crippen LogP contribution in [0.25, 0.3) is 0 Å². The second-order valence-electron chi connectivity index (χ2n) is 4.11. The van der Waals surface area contributed by atoms with E-state index in [-0.39, 0.29) is 17.9 Å². The van der Waals surface area contributed by atoms with Crippen LogP contribution in [-0.4, -0.2) is 22.0 Å². The molecule has 0 bridgehead atoms. The molecule has 0 aromatic carbocycles. The maximum absolute atomic E-state index is 11.4. The number of anilines is 1. The lowest BCUT2D eigenvalue weighted by molar-refractivity contribution is -0.137. The lowest BCUT2D eigenvalue weighted by Gasteiger charge is -2.13. The van der Waals surface area contributed by atoms with Crippen molar-refractivity contribution >= 4 is 11.8 Å². The molecule has 0 amide bonds. The Morgan fingerprint density at radius 2 is 2.06 bits per heavy atom. The Morgan fingerprint density at radius 3 is 2.62 bits per heavy atom. The van der Waals surface area contributed by atoms with Crippen molar-refractivity contribution in [3.05, 3.63) is 12.5 Å². The maximum Gasteiger partial charge on any atom is 0.313 e. The van der Waals surface area contributed by atoms with Crippen molar-refractivity contribution in [3.63, 3.8) is 0 Å². The van der Waals surface area contributed by atoms with E-state index in [2.05, 4.69) is 15.3 Å². The molecule has 0 aliphatic heterocycles. The number of nitrogens with zero attached hydrogens (tertiary/aromatic N) is 2. The first-order chi connectivity index (χ1) is 7.50. The third kappa shape index (κ3) is 3.49. The lowest BCUT2D eigenvalue weighted by Crippen LogP contribution is -2.18. The average molecular weight is 223 g/mol.